The van der Waals surface area contributed by atoms with E-state index in [0.717, 1.165) is 18.4 Å². The maximum atomic E-state index is 12.0. The Morgan fingerprint density at radius 2 is 2.05 bits per heavy atom. The van der Waals surface area contributed by atoms with Crippen LogP contribution in [0.25, 0.3) is 0 Å². The summed E-state index contributed by atoms with van der Waals surface area (Å²) in [7, 11) is 0. The minimum Gasteiger partial charge on any atom is -0.352 e. The highest BCUT2D eigenvalue weighted by Gasteiger charge is 2.29. The lowest BCUT2D eigenvalue weighted by atomic mass is 9.95. The maximum absolute atomic E-state index is 12.0. The van der Waals surface area contributed by atoms with E-state index in [4.69, 9.17) is 5.73 Å². The van der Waals surface area contributed by atoms with Crippen molar-refractivity contribution in [3.8, 4) is 0 Å². The summed E-state index contributed by atoms with van der Waals surface area (Å²) in [6.07, 6.45) is 12.6. The van der Waals surface area contributed by atoms with Crippen molar-refractivity contribution in [2.75, 3.05) is 0 Å². The normalized spacial score (nSPS) is 21.6. The van der Waals surface area contributed by atoms with Crippen LogP contribution in [0.1, 0.15) is 56.6 Å². The first-order chi connectivity index (χ1) is 9.72. The van der Waals surface area contributed by atoms with Crippen molar-refractivity contribution in [2.45, 2.75) is 63.6 Å². The Bertz CT molecular complexity index is 458. The summed E-state index contributed by atoms with van der Waals surface area (Å²) >= 11 is 0. The van der Waals surface area contributed by atoms with Gasteiger partial charge in [0.05, 0.1) is 0 Å². The van der Waals surface area contributed by atoms with Gasteiger partial charge in [0.2, 0.25) is 5.91 Å². The van der Waals surface area contributed by atoms with E-state index in [1.165, 1.54) is 32.1 Å². The van der Waals surface area contributed by atoms with Crippen LogP contribution in [-0.2, 0) is 11.3 Å². The molecule has 3 rings (SSSR count). The average molecular weight is 275 g/mol. The maximum Gasteiger partial charge on any atom is 0.240 e. The summed E-state index contributed by atoms with van der Waals surface area (Å²) in [6, 6.07) is 2.59. The van der Waals surface area contributed by atoms with Crippen LogP contribution in [0.5, 0.6) is 0 Å². The summed E-state index contributed by atoms with van der Waals surface area (Å²) in [4.78, 5) is 12.0. The predicted molar refractivity (Wildman–Crippen MR) is 79.1 cm³/mol. The molecule has 4 heteroatoms. The summed E-state index contributed by atoms with van der Waals surface area (Å²) in [5.41, 5.74) is 7.34. The molecule has 0 aliphatic heterocycles. The van der Waals surface area contributed by atoms with Crippen LogP contribution >= 0.6 is 0 Å². The molecule has 0 aromatic carbocycles. The lowest BCUT2D eigenvalue weighted by Gasteiger charge is -2.22. The summed E-state index contributed by atoms with van der Waals surface area (Å²) < 4.78 is 1.95. The van der Waals surface area contributed by atoms with Crippen molar-refractivity contribution in [1.82, 2.24) is 9.88 Å². The molecule has 1 heterocycles. The van der Waals surface area contributed by atoms with Gasteiger partial charge in [-0.2, -0.15) is 0 Å². The number of nitrogens with zero attached hydrogens (tertiary/aromatic N) is 1. The Labute approximate surface area is 120 Å². The largest absolute Gasteiger partial charge is 0.352 e. The molecule has 20 heavy (non-hydrogen) atoms. The third-order valence-corrected chi connectivity index (χ3v) is 4.58. The van der Waals surface area contributed by atoms with E-state index >= 15 is 0 Å². The van der Waals surface area contributed by atoms with Gasteiger partial charge >= 0.3 is 0 Å². The molecule has 0 spiro atoms. The number of aromatic nitrogens is 1. The van der Waals surface area contributed by atoms with E-state index in [2.05, 4.69) is 11.4 Å². The fourth-order valence-corrected chi connectivity index (χ4v) is 3.17. The van der Waals surface area contributed by atoms with Crippen molar-refractivity contribution < 1.29 is 4.79 Å². The van der Waals surface area contributed by atoms with Crippen molar-refractivity contribution in [1.29, 1.82) is 0 Å². The van der Waals surface area contributed by atoms with E-state index in [-0.39, 0.29) is 11.9 Å². The second kappa shape index (κ2) is 6.00. The standard InChI is InChI=1S/C16H25N3O/c17-16(12-6-7-12)13-8-9-19(10-13)11-15(20)18-14-4-2-1-3-5-14/h8-10,12,14,16H,1-7,11,17H2,(H,18,20). The van der Waals surface area contributed by atoms with Gasteiger partial charge in [-0.15, -0.1) is 0 Å². The number of nitrogens with two attached hydrogens (primary N) is 1. The zero-order chi connectivity index (χ0) is 13.9. The topological polar surface area (TPSA) is 60.0 Å². The number of rotatable bonds is 5. The molecule has 1 unspecified atom stereocenters. The van der Waals surface area contributed by atoms with Gasteiger partial charge in [0, 0.05) is 24.5 Å². The zero-order valence-electron chi connectivity index (χ0n) is 12.1. The highest BCUT2D eigenvalue weighted by molar-refractivity contribution is 5.76. The Hall–Kier alpha value is -1.29. The number of hydrogen-bond donors (Lipinski definition) is 2. The van der Waals surface area contributed by atoms with Crippen molar-refractivity contribution >= 4 is 5.91 Å². The Morgan fingerprint density at radius 1 is 1.30 bits per heavy atom. The van der Waals surface area contributed by atoms with Crippen LogP contribution < -0.4 is 11.1 Å². The second-order valence-electron chi connectivity index (χ2n) is 6.38. The molecule has 1 aromatic rings. The molecular formula is C16H25N3O. The van der Waals surface area contributed by atoms with E-state index in [0.29, 0.717) is 18.5 Å². The van der Waals surface area contributed by atoms with Crippen molar-refractivity contribution in [3.63, 3.8) is 0 Å². The summed E-state index contributed by atoms with van der Waals surface area (Å²) in [5.74, 6) is 0.779. The van der Waals surface area contributed by atoms with Gasteiger partial charge in [0.15, 0.2) is 0 Å². The minimum atomic E-state index is 0.124. The highest BCUT2D eigenvalue weighted by atomic mass is 16.2. The SMILES string of the molecule is NC(c1ccn(CC(=O)NC2CCCCC2)c1)C1CC1. The van der Waals surface area contributed by atoms with Gasteiger partial charge in [-0.1, -0.05) is 19.3 Å². The van der Waals surface area contributed by atoms with Gasteiger partial charge in [-0.05, 0) is 43.2 Å². The molecule has 2 fully saturated rings. The van der Waals surface area contributed by atoms with Gasteiger partial charge in [-0.25, -0.2) is 0 Å². The Kier molecular flexibility index (Phi) is 4.10. The minimum absolute atomic E-state index is 0.124. The highest BCUT2D eigenvalue weighted by Crippen LogP contribution is 2.39. The molecule has 2 aliphatic carbocycles. The molecule has 1 atom stereocenters. The lowest BCUT2D eigenvalue weighted by molar-refractivity contribution is -0.122. The quantitative estimate of drug-likeness (QED) is 0.866. The first-order valence-corrected chi connectivity index (χ1v) is 7.93. The zero-order valence-corrected chi connectivity index (χ0v) is 12.1. The van der Waals surface area contributed by atoms with Gasteiger partial charge in [-0.3, -0.25) is 4.79 Å². The molecule has 110 valence electrons. The Morgan fingerprint density at radius 3 is 2.75 bits per heavy atom. The molecule has 2 saturated carbocycles. The van der Waals surface area contributed by atoms with Gasteiger partial charge in [0.25, 0.3) is 0 Å². The molecule has 3 N–H and O–H groups in total. The van der Waals surface area contributed by atoms with Crippen LogP contribution in [0.15, 0.2) is 18.5 Å². The molecule has 0 radical (unpaired) electrons. The first-order valence-electron chi connectivity index (χ1n) is 7.93. The van der Waals surface area contributed by atoms with Crippen LogP contribution in [0.3, 0.4) is 0 Å². The van der Waals surface area contributed by atoms with Crippen LogP contribution in [0, 0.1) is 5.92 Å². The number of carbonyl (C=O) groups excluding carboxylic acids is 1. The average Bonchev–Trinajstić information content (AvgIpc) is 3.19. The molecular weight excluding hydrogens is 250 g/mol. The lowest BCUT2D eigenvalue weighted by Crippen LogP contribution is -2.38. The van der Waals surface area contributed by atoms with E-state index in [9.17, 15) is 4.79 Å². The fourth-order valence-electron chi connectivity index (χ4n) is 3.17. The third kappa shape index (κ3) is 3.42. The number of hydrogen-bond acceptors (Lipinski definition) is 2. The smallest absolute Gasteiger partial charge is 0.240 e. The molecule has 2 aliphatic rings. The Balaban J connectivity index is 1.50. The first kappa shape index (κ1) is 13.7. The van der Waals surface area contributed by atoms with E-state index < -0.39 is 0 Å². The van der Waals surface area contributed by atoms with Gasteiger partial charge < -0.3 is 15.6 Å². The van der Waals surface area contributed by atoms with Crippen LogP contribution in [0.4, 0.5) is 0 Å². The fraction of sp³-hybridized carbons (Fsp3) is 0.688. The third-order valence-electron chi connectivity index (χ3n) is 4.58. The summed E-state index contributed by atoms with van der Waals surface area (Å²) in [6.45, 7) is 0.411. The predicted octanol–water partition coefficient (Wildman–Crippen LogP) is 2.35. The van der Waals surface area contributed by atoms with Gasteiger partial charge in [0.1, 0.15) is 6.54 Å². The molecule has 4 nitrogen and oxygen atoms in total. The molecule has 1 aromatic heterocycles. The monoisotopic (exact) mass is 275 g/mol. The molecule has 1 amide bonds. The number of carbonyl (C=O) groups is 1. The second-order valence-corrected chi connectivity index (χ2v) is 6.38. The van der Waals surface area contributed by atoms with Crippen molar-refractivity contribution in [3.05, 3.63) is 24.0 Å². The molecule has 0 saturated heterocycles. The molecule has 0 bridgehead atoms. The summed E-state index contributed by atoms with van der Waals surface area (Å²) in [5, 5.41) is 3.15. The van der Waals surface area contributed by atoms with E-state index in [1.807, 2.05) is 17.0 Å². The van der Waals surface area contributed by atoms with E-state index in [1.54, 1.807) is 0 Å². The number of amides is 1. The van der Waals surface area contributed by atoms with Crippen LogP contribution in [0.2, 0.25) is 0 Å². The van der Waals surface area contributed by atoms with Crippen molar-refractivity contribution in [2.24, 2.45) is 11.7 Å². The van der Waals surface area contributed by atoms with Crippen LogP contribution in [-0.4, -0.2) is 16.5 Å². The number of nitrogens with one attached hydrogen (secondary N) is 1.